The molecule has 2 N–H and O–H groups in total. The quantitative estimate of drug-likeness (QED) is 0.752. The van der Waals surface area contributed by atoms with Crippen LogP contribution in [0.5, 0.6) is 0 Å². The average molecular weight is 254 g/mol. The Kier molecular flexibility index (Phi) is 5.38. The molecule has 0 radical (unpaired) electrons. The normalized spacial score (nSPS) is 10.3. The maximum absolute atomic E-state index is 12.1. The zero-order chi connectivity index (χ0) is 13.5. The summed E-state index contributed by atoms with van der Waals surface area (Å²) in [6.45, 7) is 2.20. The van der Waals surface area contributed by atoms with Crippen molar-refractivity contribution >= 4 is 11.9 Å². The number of methoxy groups -OCH3 is 1. The van der Waals surface area contributed by atoms with Crippen LogP contribution in [-0.2, 0) is 16.0 Å². The van der Waals surface area contributed by atoms with Crippen LogP contribution in [0.15, 0.2) is 12.1 Å². The molecule has 0 aliphatic heterocycles. The van der Waals surface area contributed by atoms with Gasteiger partial charge in [0.1, 0.15) is 12.2 Å². The second-order valence-electron chi connectivity index (χ2n) is 3.86. The Labute approximate surface area is 106 Å². The van der Waals surface area contributed by atoms with Crippen molar-refractivity contribution in [2.45, 2.75) is 13.3 Å². The minimum Gasteiger partial charge on any atom is -0.480 e. The number of nitrogens with zero attached hydrogens (tertiary/aromatic N) is 1. The van der Waals surface area contributed by atoms with Crippen molar-refractivity contribution in [1.82, 2.24) is 9.88 Å². The molecule has 0 saturated heterocycles. The third kappa shape index (κ3) is 3.89. The van der Waals surface area contributed by atoms with Gasteiger partial charge in [0.15, 0.2) is 0 Å². The van der Waals surface area contributed by atoms with Gasteiger partial charge in [-0.2, -0.15) is 0 Å². The first-order valence-electron chi connectivity index (χ1n) is 5.76. The molecule has 0 aromatic carbocycles. The molecule has 0 aliphatic rings. The first-order chi connectivity index (χ1) is 8.58. The number of H-pyrrole nitrogens is 1. The molecule has 0 bridgehead atoms. The number of aliphatic carboxylic acids is 1. The van der Waals surface area contributed by atoms with Gasteiger partial charge in [0.25, 0.3) is 5.91 Å². The SMILES string of the molecule is CCc1ccc(C(=O)N(CCOC)CC(=O)O)[nH]1. The number of aromatic amines is 1. The third-order valence-corrected chi connectivity index (χ3v) is 2.54. The summed E-state index contributed by atoms with van der Waals surface area (Å²) in [4.78, 5) is 27.0. The molecule has 1 aromatic heterocycles. The third-order valence-electron chi connectivity index (χ3n) is 2.54. The molecule has 1 heterocycles. The zero-order valence-corrected chi connectivity index (χ0v) is 10.6. The molecule has 0 atom stereocenters. The molecular weight excluding hydrogens is 236 g/mol. The van der Waals surface area contributed by atoms with Crippen molar-refractivity contribution in [3.63, 3.8) is 0 Å². The van der Waals surface area contributed by atoms with E-state index >= 15 is 0 Å². The molecule has 6 heteroatoms. The Morgan fingerprint density at radius 2 is 2.17 bits per heavy atom. The second-order valence-corrected chi connectivity index (χ2v) is 3.86. The molecule has 18 heavy (non-hydrogen) atoms. The highest BCUT2D eigenvalue weighted by Crippen LogP contribution is 2.06. The van der Waals surface area contributed by atoms with E-state index in [-0.39, 0.29) is 19.0 Å². The monoisotopic (exact) mass is 254 g/mol. The number of aromatic nitrogens is 1. The van der Waals surface area contributed by atoms with E-state index in [0.717, 1.165) is 12.1 Å². The van der Waals surface area contributed by atoms with Gasteiger partial charge in [0.05, 0.1) is 6.61 Å². The summed E-state index contributed by atoms with van der Waals surface area (Å²) in [6.07, 6.45) is 0.796. The number of carboxylic acid groups (broad SMARTS) is 1. The molecule has 6 nitrogen and oxygen atoms in total. The summed E-state index contributed by atoms with van der Waals surface area (Å²) in [5.41, 5.74) is 1.35. The molecule has 1 amide bonds. The summed E-state index contributed by atoms with van der Waals surface area (Å²) in [5, 5.41) is 8.79. The van der Waals surface area contributed by atoms with Crippen LogP contribution < -0.4 is 0 Å². The van der Waals surface area contributed by atoms with Crippen LogP contribution in [-0.4, -0.2) is 53.7 Å². The fraction of sp³-hybridized carbons (Fsp3) is 0.500. The van der Waals surface area contributed by atoms with Gasteiger partial charge in [-0.15, -0.1) is 0 Å². The minimum absolute atomic E-state index is 0.252. The van der Waals surface area contributed by atoms with E-state index in [1.54, 1.807) is 6.07 Å². The van der Waals surface area contributed by atoms with Gasteiger partial charge < -0.3 is 19.7 Å². The molecule has 0 saturated carbocycles. The van der Waals surface area contributed by atoms with Crippen LogP contribution in [0.3, 0.4) is 0 Å². The first-order valence-corrected chi connectivity index (χ1v) is 5.76. The Hall–Kier alpha value is -1.82. The van der Waals surface area contributed by atoms with Crippen LogP contribution in [0.1, 0.15) is 23.1 Å². The molecule has 0 unspecified atom stereocenters. The van der Waals surface area contributed by atoms with E-state index in [0.29, 0.717) is 12.3 Å². The lowest BCUT2D eigenvalue weighted by molar-refractivity contribution is -0.137. The van der Waals surface area contributed by atoms with Crippen molar-refractivity contribution in [3.05, 3.63) is 23.5 Å². The molecule has 0 fully saturated rings. The van der Waals surface area contributed by atoms with Gasteiger partial charge in [-0.1, -0.05) is 6.92 Å². The van der Waals surface area contributed by atoms with Crippen LogP contribution in [0.2, 0.25) is 0 Å². The molecule has 100 valence electrons. The van der Waals surface area contributed by atoms with Crippen molar-refractivity contribution in [1.29, 1.82) is 0 Å². The van der Waals surface area contributed by atoms with Gasteiger partial charge in [-0.25, -0.2) is 0 Å². The Bertz CT molecular complexity index is 414. The highest BCUT2D eigenvalue weighted by molar-refractivity contribution is 5.94. The highest BCUT2D eigenvalue weighted by atomic mass is 16.5. The lowest BCUT2D eigenvalue weighted by Crippen LogP contribution is -2.38. The molecule has 0 aliphatic carbocycles. The van der Waals surface area contributed by atoms with Crippen LogP contribution in [0, 0.1) is 0 Å². The summed E-state index contributed by atoms with van der Waals surface area (Å²) >= 11 is 0. The average Bonchev–Trinajstić information content (AvgIpc) is 2.81. The predicted octanol–water partition coefficient (Wildman–Crippen LogP) is 0.750. The van der Waals surface area contributed by atoms with E-state index in [2.05, 4.69) is 4.98 Å². The Morgan fingerprint density at radius 3 is 2.67 bits per heavy atom. The number of amides is 1. The van der Waals surface area contributed by atoms with Crippen molar-refractivity contribution in [2.24, 2.45) is 0 Å². The number of carboxylic acids is 1. The van der Waals surface area contributed by atoms with Crippen LogP contribution in [0.4, 0.5) is 0 Å². The molecule has 0 spiro atoms. The number of hydrogen-bond donors (Lipinski definition) is 2. The standard InChI is InChI=1S/C12H18N2O4/c1-3-9-4-5-10(13-9)12(17)14(6-7-18-2)8-11(15)16/h4-5,13H,3,6-8H2,1-2H3,(H,15,16). The number of nitrogens with one attached hydrogen (secondary N) is 1. The fourth-order valence-electron chi connectivity index (χ4n) is 1.56. The number of carbonyl (C=O) groups excluding carboxylic acids is 1. The number of aryl methyl sites for hydroxylation is 1. The molecule has 1 aromatic rings. The predicted molar refractivity (Wildman–Crippen MR) is 65.6 cm³/mol. The second kappa shape index (κ2) is 6.80. The first kappa shape index (κ1) is 14.2. The van der Waals surface area contributed by atoms with Crippen molar-refractivity contribution in [3.8, 4) is 0 Å². The maximum atomic E-state index is 12.1. The van der Waals surface area contributed by atoms with Crippen molar-refractivity contribution in [2.75, 3.05) is 26.8 Å². The van der Waals surface area contributed by atoms with Crippen LogP contribution >= 0.6 is 0 Å². The Balaban J connectivity index is 2.76. The van der Waals surface area contributed by atoms with Crippen LogP contribution in [0.25, 0.3) is 0 Å². The van der Waals surface area contributed by atoms with E-state index in [4.69, 9.17) is 9.84 Å². The smallest absolute Gasteiger partial charge is 0.323 e. The Morgan fingerprint density at radius 1 is 1.44 bits per heavy atom. The minimum atomic E-state index is -1.04. The summed E-state index contributed by atoms with van der Waals surface area (Å²) < 4.78 is 4.87. The highest BCUT2D eigenvalue weighted by Gasteiger charge is 2.19. The number of ether oxygens (including phenoxy) is 1. The van der Waals surface area contributed by atoms with E-state index in [1.807, 2.05) is 13.0 Å². The van der Waals surface area contributed by atoms with E-state index in [9.17, 15) is 9.59 Å². The van der Waals surface area contributed by atoms with E-state index in [1.165, 1.54) is 12.0 Å². The fourth-order valence-corrected chi connectivity index (χ4v) is 1.56. The van der Waals surface area contributed by atoms with Gasteiger partial charge in [-0.05, 0) is 18.6 Å². The summed E-state index contributed by atoms with van der Waals surface area (Å²) in [5.74, 6) is -1.36. The molecular formula is C12H18N2O4. The topological polar surface area (TPSA) is 82.6 Å². The van der Waals surface area contributed by atoms with Crippen molar-refractivity contribution < 1.29 is 19.4 Å². The molecule has 1 rings (SSSR count). The zero-order valence-electron chi connectivity index (χ0n) is 10.6. The van der Waals surface area contributed by atoms with Gasteiger partial charge in [0.2, 0.25) is 0 Å². The number of hydrogen-bond acceptors (Lipinski definition) is 3. The summed E-state index contributed by atoms with van der Waals surface area (Å²) in [6, 6.07) is 3.49. The van der Waals surface area contributed by atoms with Gasteiger partial charge in [0, 0.05) is 19.3 Å². The number of rotatable bonds is 7. The van der Waals surface area contributed by atoms with E-state index < -0.39 is 5.97 Å². The lowest BCUT2D eigenvalue weighted by atomic mass is 10.3. The maximum Gasteiger partial charge on any atom is 0.323 e. The van der Waals surface area contributed by atoms with Gasteiger partial charge in [-0.3, -0.25) is 9.59 Å². The summed E-state index contributed by atoms with van der Waals surface area (Å²) in [7, 11) is 1.51. The number of carbonyl (C=O) groups is 2. The largest absolute Gasteiger partial charge is 0.480 e. The lowest BCUT2D eigenvalue weighted by Gasteiger charge is -2.19. The van der Waals surface area contributed by atoms with Gasteiger partial charge >= 0.3 is 5.97 Å².